The van der Waals surface area contributed by atoms with Crippen molar-refractivity contribution >= 4 is 22.6 Å². The molecule has 1 aliphatic rings. The summed E-state index contributed by atoms with van der Waals surface area (Å²) < 4.78 is 3.08. The SMILES string of the molecule is [O-][n+]1c2n(c3ccc(Cl)cc31)CCc1ccccc1-2. The predicted octanol–water partition coefficient (Wildman–Crippen LogP) is 3.15. The van der Waals surface area contributed by atoms with Crippen molar-refractivity contribution in [1.82, 2.24) is 4.57 Å². The van der Waals surface area contributed by atoms with Crippen molar-refractivity contribution < 1.29 is 4.73 Å². The molecular formula is C15H11ClN2O. The van der Waals surface area contributed by atoms with E-state index in [1.165, 1.54) is 5.56 Å². The summed E-state index contributed by atoms with van der Waals surface area (Å²) >= 11 is 5.99. The van der Waals surface area contributed by atoms with Gasteiger partial charge >= 0.3 is 0 Å². The lowest BCUT2D eigenvalue weighted by Gasteiger charge is -2.15. The Morgan fingerprint density at radius 3 is 2.89 bits per heavy atom. The van der Waals surface area contributed by atoms with E-state index in [0.29, 0.717) is 10.5 Å². The Morgan fingerprint density at radius 2 is 2.00 bits per heavy atom. The lowest BCUT2D eigenvalue weighted by molar-refractivity contribution is -0.565. The largest absolute Gasteiger partial charge is 0.710 e. The van der Waals surface area contributed by atoms with Crippen LogP contribution < -0.4 is 4.73 Å². The fraction of sp³-hybridized carbons (Fsp3) is 0.133. The normalized spacial score (nSPS) is 13.3. The highest BCUT2D eigenvalue weighted by Gasteiger charge is 2.28. The molecule has 0 atom stereocenters. The van der Waals surface area contributed by atoms with Crippen LogP contribution in [0.1, 0.15) is 5.56 Å². The first-order valence-electron chi connectivity index (χ1n) is 6.25. The molecule has 3 aromatic rings. The van der Waals surface area contributed by atoms with Crippen LogP contribution in [0.4, 0.5) is 0 Å². The summed E-state index contributed by atoms with van der Waals surface area (Å²) in [6.45, 7) is 0.833. The molecule has 0 N–H and O–H groups in total. The van der Waals surface area contributed by atoms with Crippen molar-refractivity contribution in [2.75, 3.05) is 0 Å². The van der Waals surface area contributed by atoms with Crippen molar-refractivity contribution in [2.24, 2.45) is 0 Å². The third-order valence-electron chi connectivity index (χ3n) is 3.76. The van der Waals surface area contributed by atoms with Crippen LogP contribution in [0.25, 0.3) is 22.4 Å². The molecule has 0 unspecified atom stereocenters. The molecule has 0 amide bonds. The second-order valence-corrected chi connectivity index (χ2v) is 5.25. The van der Waals surface area contributed by atoms with Crippen LogP contribution in [0.3, 0.4) is 0 Å². The quantitative estimate of drug-likeness (QED) is 0.456. The van der Waals surface area contributed by atoms with E-state index >= 15 is 0 Å². The van der Waals surface area contributed by atoms with Crippen LogP contribution in [-0.4, -0.2) is 4.57 Å². The number of benzene rings is 2. The molecule has 4 heteroatoms. The van der Waals surface area contributed by atoms with Gasteiger partial charge in [0.2, 0.25) is 0 Å². The monoisotopic (exact) mass is 270 g/mol. The summed E-state index contributed by atoms with van der Waals surface area (Å²) in [5, 5.41) is 13.1. The van der Waals surface area contributed by atoms with E-state index in [1.807, 2.05) is 30.3 Å². The molecule has 0 spiro atoms. The molecule has 19 heavy (non-hydrogen) atoms. The van der Waals surface area contributed by atoms with Crippen LogP contribution in [0.15, 0.2) is 42.5 Å². The average Bonchev–Trinajstić information content (AvgIpc) is 2.72. The van der Waals surface area contributed by atoms with Gasteiger partial charge in [-0.05, 0) is 23.8 Å². The lowest BCUT2D eigenvalue weighted by Crippen LogP contribution is -2.30. The number of aryl methyl sites for hydroxylation is 2. The molecule has 0 saturated heterocycles. The Bertz CT molecular complexity index is 807. The summed E-state index contributed by atoms with van der Waals surface area (Å²) in [4.78, 5) is 0. The van der Waals surface area contributed by atoms with Gasteiger partial charge in [-0.25, -0.2) is 9.30 Å². The molecular weight excluding hydrogens is 260 g/mol. The third-order valence-corrected chi connectivity index (χ3v) is 3.99. The van der Waals surface area contributed by atoms with E-state index in [2.05, 4.69) is 10.6 Å². The minimum atomic E-state index is 0.591. The van der Waals surface area contributed by atoms with Gasteiger partial charge in [-0.2, -0.15) is 0 Å². The Balaban J connectivity index is 2.14. The number of hydrogen-bond donors (Lipinski definition) is 0. The van der Waals surface area contributed by atoms with Gasteiger partial charge < -0.3 is 5.21 Å². The van der Waals surface area contributed by atoms with E-state index in [0.717, 1.165) is 34.6 Å². The summed E-state index contributed by atoms with van der Waals surface area (Å²) in [7, 11) is 0. The summed E-state index contributed by atoms with van der Waals surface area (Å²) in [5.74, 6) is 0.721. The van der Waals surface area contributed by atoms with Crippen LogP contribution in [0.5, 0.6) is 0 Å². The number of fused-ring (bicyclic) bond motifs is 5. The van der Waals surface area contributed by atoms with Crippen LogP contribution >= 0.6 is 11.6 Å². The summed E-state index contributed by atoms with van der Waals surface area (Å²) in [5.41, 5.74) is 3.84. The first-order valence-corrected chi connectivity index (χ1v) is 6.63. The molecule has 2 aromatic carbocycles. The third kappa shape index (κ3) is 1.42. The van der Waals surface area contributed by atoms with Gasteiger partial charge in [0.05, 0.1) is 12.1 Å². The van der Waals surface area contributed by atoms with Gasteiger partial charge in [-0.1, -0.05) is 29.8 Å². The van der Waals surface area contributed by atoms with Crippen molar-refractivity contribution in [1.29, 1.82) is 0 Å². The zero-order valence-corrected chi connectivity index (χ0v) is 10.9. The highest BCUT2D eigenvalue weighted by molar-refractivity contribution is 6.31. The number of aromatic nitrogens is 2. The lowest BCUT2D eigenvalue weighted by atomic mass is 10.0. The Hall–Kier alpha value is -2.00. The Labute approximate surface area is 115 Å². The van der Waals surface area contributed by atoms with E-state index in [4.69, 9.17) is 11.6 Å². The molecule has 0 aliphatic carbocycles. The van der Waals surface area contributed by atoms with E-state index in [9.17, 15) is 5.21 Å². The smallest absolute Gasteiger partial charge is 0.293 e. The van der Waals surface area contributed by atoms with E-state index < -0.39 is 0 Å². The zero-order chi connectivity index (χ0) is 13.0. The highest BCUT2D eigenvalue weighted by Crippen LogP contribution is 2.31. The Morgan fingerprint density at radius 1 is 1.16 bits per heavy atom. The fourth-order valence-corrected chi connectivity index (χ4v) is 3.06. The predicted molar refractivity (Wildman–Crippen MR) is 75.0 cm³/mol. The molecule has 0 fully saturated rings. The number of rotatable bonds is 0. The van der Waals surface area contributed by atoms with E-state index in [1.54, 1.807) is 6.07 Å². The molecule has 1 aromatic heterocycles. The molecule has 1 aliphatic heterocycles. The van der Waals surface area contributed by atoms with Crippen LogP contribution in [0.2, 0.25) is 5.02 Å². The molecule has 0 saturated carbocycles. The molecule has 0 bridgehead atoms. The number of nitrogens with zero attached hydrogens (tertiary/aromatic N) is 2. The summed E-state index contributed by atoms with van der Waals surface area (Å²) in [6, 6.07) is 13.6. The highest BCUT2D eigenvalue weighted by atomic mass is 35.5. The van der Waals surface area contributed by atoms with Gasteiger partial charge in [-0.15, -0.1) is 0 Å². The maximum absolute atomic E-state index is 12.5. The van der Waals surface area contributed by atoms with Crippen molar-refractivity contribution in [3.05, 3.63) is 58.3 Å². The molecule has 4 rings (SSSR count). The fourth-order valence-electron chi connectivity index (χ4n) is 2.90. The van der Waals surface area contributed by atoms with Gasteiger partial charge in [0.15, 0.2) is 11.0 Å². The van der Waals surface area contributed by atoms with Crippen molar-refractivity contribution in [2.45, 2.75) is 13.0 Å². The average molecular weight is 271 g/mol. The van der Waals surface area contributed by atoms with Gasteiger partial charge in [0.25, 0.3) is 5.82 Å². The molecule has 94 valence electrons. The standard InChI is InChI=1S/C15H11ClN2O/c16-11-5-6-13-14(9-11)18(19)15-12-4-2-1-3-10(12)7-8-17(13)15/h1-6,9H,7-8H2. The van der Waals surface area contributed by atoms with Gasteiger partial charge in [0.1, 0.15) is 0 Å². The molecule has 3 nitrogen and oxygen atoms in total. The van der Waals surface area contributed by atoms with Crippen LogP contribution in [-0.2, 0) is 13.0 Å². The Kier molecular flexibility index (Phi) is 2.15. The zero-order valence-electron chi connectivity index (χ0n) is 10.1. The second-order valence-electron chi connectivity index (χ2n) is 4.81. The van der Waals surface area contributed by atoms with E-state index in [-0.39, 0.29) is 0 Å². The van der Waals surface area contributed by atoms with Gasteiger partial charge in [-0.3, -0.25) is 0 Å². The van der Waals surface area contributed by atoms with Crippen LogP contribution in [0, 0.1) is 5.21 Å². The van der Waals surface area contributed by atoms with Gasteiger partial charge in [0, 0.05) is 17.5 Å². The molecule has 2 heterocycles. The first kappa shape index (κ1) is 10.9. The van der Waals surface area contributed by atoms with Crippen molar-refractivity contribution in [3.8, 4) is 11.4 Å². The molecule has 0 radical (unpaired) electrons. The minimum absolute atomic E-state index is 0.591. The number of halogens is 1. The number of hydrogen-bond acceptors (Lipinski definition) is 1. The maximum atomic E-state index is 12.5. The second kappa shape index (κ2) is 3.75. The summed E-state index contributed by atoms with van der Waals surface area (Å²) in [6.07, 6.45) is 0.954. The topological polar surface area (TPSA) is 31.9 Å². The maximum Gasteiger partial charge on any atom is 0.293 e. The number of imidazole rings is 1. The van der Waals surface area contributed by atoms with Crippen molar-refractivity contribution in [3.63, 3.8) is 0 Å². The first-order chi connectivity index (χ1) is 9.25. The minimum Gasteiger partial charge on any atom is -0.710 e.